The highest BCUT2D eigenvalue weighted by Crippen LogP contribution is 2.29. The fourth-order valence-electron chi connectivity index (χ4n) is 2.47. The highest BCUT2D eigenvalue weighted by Gasteiger charge is 2.18. The lowest BCUT2D eigenvalue weighted by Gasteiger charge is -2.06. The summed E-state index contributed by atoms with van der Waals surface area (Å²) in [5.74, 6) is -0.466. The van der Waals surface area contributed by atoms with Crippen LogP contribution in [-0.2, 0) is 4.74 Å². The number of thiophene rings is 1. The Hall–Kier alpha value is -3.06. The number of ether oxygens (including phenoxy) is 1. The Kier molecular flexibility index (Phi) is 3.55. The van der Waals surface area contributed by atoms with Crippen molar-refractivity contribution < 1.29 is 9.53 Å². The quantitative estimate of drug-likeness (QED) is 0.537. The molecule has 0 amide bonds. The van der Waals surface area contributed by atoms with E-state index in [9.17, 15) is 4.79 Å². The lowest BCUT2D eigenvalue weighted by atomic mass is 10.2. The monoisotopic (exact) mass is 336 g/mol. The molecule has 4 rings (SSSR count). The molecule has 0 radical (unpaired) electrons. The first-order valence-electron chi connectivity index (χ1n) is 7.19. The number of carbonyl (C=O) groups is 1. The molecule has 1 aromatic carbocycles. The molecule has 0 fully saturated rings. The van der Waals surface area contributed by atoms with Crippen LogP contribution in [0.4, 0.5) is 0 Å². The van der Waals surface area contributed by atoms with Gasteiger partial charge in [0.2, 0.25) is 0 Å². The summed E-state index contributed by atoms with van der Waals surface area (Å²) in [6.07, 6.45) is 3.30. The Labute approximate surface area is 141 Å². The van der Waals surface area contributed by atoms with Crippen LogP contribution in [0.5, 0.6) is 0 Å². The molecule has 3 aromatic heterocycles. The molecule has 6 nitrogen and oxygen atoms in total. The lowest BCUT2D eigenvalue weighted by Crippen LogP contribution is -2.04. The predicted octanol–water partition coefficient (Wildman–Crippen LogP) is 3.33. The summed E-state index contributed by atoms with van der Waals surface area (Å²) in [4.78, 5) is 21.5. The minimum atomic E-state index is -0.466. The van der Waals surface area contributed by atoms with Gasteiger partial charge in [-0.2, -0.15) is 5.10 Å². The zero-order valence-corrected chi connectivity index (χ0v) is 13.5. The molecule has 4 aromatic rings. The highest BCUT2D eigenvalue weighted by atomic mass is 32.1. The Bertz CT molecular complexity index is 1020. The van der Waals surface area contributed by atoms with Gasteiger partial charge in [0.15, 0.2) is 5.69 Å². The summed E-state index contributed by atoms with van der Waals surface area (Å²) in [5, 5.41) is 6.40. The summed E-state index contributed by atoms with van der Waals surface area (Å²) in [6.45, 7) is 0. The molecule has 7 heteroatoms. The number of nitrogens with zero attached hydrogens (tertiary/aromatic N) is 4. The second-order valence-corrected chi connectivity index (χ2v) is 5.97. The lowest BCUT2D eigenvalue weighted by molar-refractivity contribution is 0.0593. The molecule has 0 N–H and O–H groups in total. The first-order valence-corrected chi connectivity index (χ1v) is 8.07. The molecule has 0 bridgehead atoms. The Morgan fingerprint density at radius 3 is 2.71 bits per heavy atom. The fraction of sp³-hybridized carbons (Fsp3) is 0.0588. The second kappa shape index (κ2) is 5.86. The molecule has 0 saturated heterocycles. The molecular weight excluding hydrogens is 324 g/mol. The number of esters is 1. The van der Waals surface area contributed by atoms with Gasteiger partial charge in [0.1, 0.15) is 0 Å². The second-order valence-electron chi connectivity index (χ2n) is 5.02. The van der Waals surface area contributed by atoms with E-state index in [2.05, 4.69) is 15.1 Å². The average molecular weight is 336 g/mol. The Morgan fingerprint density at radius 1 is 1.12 bits per heavy atom. The number of carbonyl (C=O) groups excluding carboxylic acids is 1. The first-order chi connectivity index (χ1) is 11.8. The molecule has 0 aliphatic rings. The van der Waals surface area contributed by atoms with Crippen molar-refractivity contribution in [2.24, 2.45) is 0 Å². The molecular formula is C17H12N4O2S. The number of hydrogen-bond acceptors (Lipinski definition) is 6. The van der Waals surface area contributed by atoms with E-state index < -0.39 is 5.97 Å². The fourth-order valence-corrected chi connectivity index (χ4v) is 3.19. The first kappa shape index (κ1) is 14.5. The normalized spacial score (nSPS) is 10.9. The SMILES string of the molecule is COC(=O)c1cc(-c2cccs2)n(-c2ccc3nccnc3c2)n1. The molecule has 0 aliphatic heterocycles. The van der Waals surface area contributed by atoms with Gasteiger partial charge in [-0.05, 0) is 29.6 Å². The Balaban J connectivity index is 1.91. The van der Waals surface area contributed by atoms with Gasteiger partial charge in [-0.15, -0.1) is 11.3 Å². The van der Waals surface area contributed by atoms with Crippen molar-refractivity contribution >= 4 is 28.3 Å². The maximum absolute atomic E-state index is 11.9. The summed E-state index contributed by atoms with van der Waals surface area (Å²) in [7, 11) is 1.35. The highest BCUT2D eigenvalue weighted by molar-refractivity contribution is 7.13. The minimum absolute atomic E-state index is 0.264. The zero-order valence-electron chi connectivity index (χ0n) is 12.7. The molecule has 118 valence electrons. The number of benzene rings is 1. The predicted molar refractivity (Wildman–Crippen MR) is 91.3 cm³/mol. The van der Waals surface area contributed by atoms with Crippen LogP contribution in [0.3, 0.4) is 0 Å². The average Bonchev–Trinajstić information content (AvgIpc) is 3.30. The standard InChI is InChI=1S/C17H12N4O2S/c1-23-17(22)14-10-15(16-3-2-8-24-16)21(20-14)11-4-5-12-13(9-11)19-7-6-18-12/h2-10H,1H3. The van der Waals surface area contributed by atoms with E-state index in [-0.39, 0.29) is 5.69 Å². The summed E-state index contributed by atoms with van der Waals surface area (Å²) >= 11 is 1.58. The number of hydrogen-bond donors (Lipinski definition) is 0. The van der Waals surface area contributed by atoms with Gasteiger partial charge >= 0.3 is 5.97 Å². The summed E-state index contributed by atoms with van der Waals surface area (Å²) < 4.78 is 6.52. The molecule has 3 heterocycles. The van der Waals surface area contributed by atoms with E-state index in [1.54, 1.807) is 34.5 Å². The van der Waals surface area contributed by atoms with E-state index >= 15 is 0 Å². The van der Waals surface area contributed by atoms with E-state index in [1.807, 2.05) is 35.7 Å². The molecule has 0 unspecified atom stereocenters. The van der Waals surface area contributed by atoms with E-state index in [0.717, 1.165) is 27.3 Å². The minimum Gasteiger partial charge on any atom is -0.464 e. The largest absolute Gasteiger partial charge is 0.464 e. The molecule has 24 heavy (non-hydrogen) atoms. The third-order valence-electron chi connectivity index (χ3n) is 3.57. The smallest absolute Gasteiger partial charge is 0.358 e. The van der Waals surface area contributed by atoms with Crippen LogP contribution >= 0.6 is 11.3 Å². The molecule has 0 aliphatic carbocycles. The third kappa shape index (κ3) is 2.44. The van der Waals surface area contributed by atoms with Gasteiger partial charge in [-0.3, -0.25) is 9.97 Å². The summed E-state index contributed by atoms with van der Waals surface area (Å²) in [6, 6.07) is 11.4. The number of fused-ring (bicyclic) bond motifs is 1. The zero-order chi connectivity index (χ0) is 16.5. The van der Waals surface area contributed by atoms with Crippen molar-refractivity contribution in [1.82, 2.24) is 19.7 Å². The van der Waals surface area contributed by atoms with Gasteiger partial charge in [-0.1, -0.05) is 6.07 Å². The van der Waals surface area contributed by atoms with Crippen molar-refractivity contribution in [2.45, 2.75) is 0 Å². The van der Waals surface area contributed by atoms with Crippen LogP contribution in [0, 0.1) is 0 Å². The number of aromatic nitrogens is 4. The van der Waals surface area contributed by atoms with Crippen LogP contribution in [0.15, 0.2) is 54.2 Å². The van der Waals surface area contributed by atoms with E-state index in [4.69, 9.17) is 4.74 Å². The van der Waals surface area contributed by atoms with Crippen molar-refractivity contribution in [3.8, 4) is 16.3 Å². The van der Waals surface area contributed by atoms with Crippen LogP contribution in [0.2, 0.25) is 0 Å². The third-order valence-corrected chi connectivity index (χ3v) is 4.47. The van der Waals surface area contributed by atoms with Gasteiger partial charge < -0.3 is 4.74 Å². The van der Waals surface area contributed by atoms with E-state index in [1.165, 1.54) is 7.11 Å². The maximum Gasteiger partial charge on any atom is 0.358 e. The van der Waals surface area contributed by atoms with Gasteiger partial charge in [0, 0.05) is 18.5 Å². The number of methoxy groups -OCH3 is 1. The molecule has 0 atom stereocenters. The van der Waals surface area contributed by atoms with Gasteiger partial charge in [0.25, 0.3) is 0 Å². The van der Waals surface area contributed by atoms with Gasteiger partial charge in [-0.25, -0.2) is 9.48 Å². The van der Waals surface area contributed by atoms with Crippen LogP contribution in [0.25, 0.3) is 27.3 Å². The molecule has 0 spiro atoms. The molecule has 0 saturated carbocycles. The van der Waals surface area contributed by atoms with Crippen molar-refractivity contribution in [3.63, 3.8) is 0 Å². The Morgan fingerprint density at radius 2 is 1.96 bits per heavy atom. The van der Waals surface area contributed by atoms with Crippen molar-refractivity contribution in [1.29, 1.82) is 0 Å². The van der Waals surface area contributed by atoms with Crippen LogP contribution in [0.1, 0.15) is 10.5 Å². The number of rotatable bonds is 3. The van der Waals surface area contributed by atoms with Crippen molar-refractivity contribution in [3.05, 3.63) is 59.9 Å². The van der Waals surface area contributed by atoms with E-state index in [0.29, 0.717) is 0 Å². The van der Waals surface area contributed by atoms with Crippen LogP contribution in [-0.4, -0.2) is 32.8 Å². The summed E-state index contributed by atoms with van der Waals surface area (Å²) in [5.41, 5.74) is 3.47. The maximum atomic E-state index is 11.9. The van der Waals surface area contributed by atoms with Crippen LogP contribution < -0.4 is 0 Å². The van der Waals surface area contributed by atoms with Crippen molar-refractivity contribution in [2.75, 3.05) is 7.11 Å². The topological polar surface area (TPSA) is 69.9 Å². The van der Waals surface area contributed by atoms with Gasteiger partial charge in [0.05, 0.1) is 34.4 Å².